The number of hydrogen-bond donors (Lipinski definition) is 0. The Morgan fingerprint density at radius 3 is 2.28 bits per heavy atom. The van der Waals surface area contributed by atoms with Gasteiger partial charge in [0.2, 0.25) is 5.82 Å². The molecule has 0 atom stereocenters. The molecule has 0 heterocycles. The van der Waals surface area contributed by atoms with Crippen molar-refractivity contribution in [2.75, 3.05) is 0 Å². The Balaban J connectivity index is 1.88. The van der Waals surface area contributed by atoms with Gasteiger partial charge in [-0.3, -0.25) is 4.79 Å². The van der Waals surface area contributed by atoms with Crippen LogP contribution < -0.4 is 4.74 Å². The maximum Gasteiger partial charge on any atom is 0.201 e. The first-order valence-electron chi connectivity index (χ1n) is 7.50. The van der Waals surface area contributed by atoms with Crippen molar-refractivity contribution in [3.05, 3.63) is 89.2 Å². The van der Waals surface area contributed by atoms with Crippen LogP contribution in [0.5, 0.6) is 5.75 Å². The normalized spacial score (nSPS) is 10.5. The Bertz CT molecular complexity index is 923. The number of carbonyl (C=O) groups is 1. The van der Waals surface area contributed by atoms with Crippen LogP contribution in [0, 0.1) is 17.5 Å². The molecule has 0 bridgehead atoms. The second kappa shape index (κ2) is 7.21. The molecule has 25 heavy (non-hydrogen) atoms. The number of carbonyl (C=O) groups excluding carboxylic acids is 1. The quantitative estimate of drug-likeness (QED) is 0.599. The van der Waals surface area contributed by atoms with Gasteiger partial charge in [0.15, 0.2) is 11.6 Å². The summed E-state index contributed by atoms with van der Waals surface area (Å²) >= 11 is 0. The zero-order valence-electron chi connectivity index (χ0n) is 13.0. The van der Waals surface area contributed by atoms with Gasteiger partial charge in [0, 0.05) is 16.7 Å². The van der Waals surface area contributed by atoms with E-state index in [1.165, 1.54) is 36.4 Å². The van der Waals surface area contributed by atoms with E-state index in [1.807, 2.05) is 0 Å². The van der Waals surface area contributed by atoms with Crippen LogP contribution in [0.2, 0.25) is 0 Å². The van der Waals surface area contributed by atoms with Crippen LogP contribution >= 0.6 is 0 Å². The van der Waals surface area contributed by atoms with E-state index in [4.69, 9.17) is 4.74 Å². The lowest BCUT2D eigenvalue weighted by molar-refractivity contribution is 0.112. The lowest BCUT2D eigenvalue weighted by Crippen LogP contribution is -2.02. The highest BCUT2D eigenvalue weighted by Gasteiger charge is 2.18. The third-order valence-electron chi connectivity index (χ3n) is 3.78. The van der Waals surface area contributed by atoms with E-state index in [0.717, 1.165) is 0 Å². The average molecular weight is 342 g/mol. The fraction of sp³-hybridized carbons (Fsp3) is 0.0500. The minimum Gasteiger partial charge on any atom is -0.486 e. The van der Waals surface area contributed by atoms with Gasteiger partial charge in [-0.1, -0.05) is 42.5 Å². The van der Waals surface area contributed by atoms with Gasteiger partial charge in [0.1, 0.15) is 18.7 Å². The molecule has 2 nitrogen and oxygen atoms in total. The van der Waals surface area contributed by atoms with Crippen LogP contribution in [0.15, 0.2) is 60.7 Å². The predicted octanol–water partition coefficient (Wildman–Crippen LogP) is 5.16. The molecule has 0 N–H and O–H groups in total. The first-order valence-corrected chi connectivity index (χ1v) is 7.50. The summed E-state index contributed by atoms with van der Waals surface area (Å²) in [6.07, 6.45) is 0.664. The summed E-state index contributed by atoms with van der Waals surface area (Å²) in [7, 11) is 0. The van der Waals surface area contributed by atoms with Crippen molar-refractivity contribution >= 4 is 6.29 Å². The van der Waals surface area contributed by atoms with Gasteiger partial charge >= 0.3 is 0 Å². The standard InChI is InChI=1S/C20H13F3O2/c21-17-8-4-3-7-15(17)16-9-10-18(20(23)19(16)22)25-12-14-6-2-1-5-13(14)11-24/h1-11H,12H2. The summed E-state index contributed by atoms with van der Waals surface area (Å²) in [5.41, 5.74) is 0.745. The third-order valence-corrected chi connectivity index (χ3v) is 3.78. The van der Waals surface area contributed by atoms with E-state index >= 15 is 0 Å². The second-order valence-electron chi connectivity index (χ2n) is 5.32. The summed E-state index contributed by atoms with van der Waals surface area (Å²) in [5, 5.41) is 0. The van der Waals surface area contributed by atoms with E-state index in [1.54, 1.807) is 24.3 Å². The number of rotatable bonds is 5. The van der Waals surface area contributed by atoms with Crippen molar-refractivity contribution in [3.8, 4) is 16.9 Å². The Hall–Kier alpha value is -3.08. The molecule has 3 aromatic carbocycles. The Labute approximate surface area is 142 Å². The van der Waals surface area contributed by atoms with Crippen molar-refractivity contribution < 1.29 is 22.7 Å². The van der Waals surface area contributed by atoms with Gasteiger partial charge in [-0.15, -0.1) is 0 Å². The molecule has 0 saturated carbocycles. The largest absolute Gasteiger partial charge is 0.486 e. The number of aldehydes is 1. The summed E-state index contributed by atoms with van der Waals surface area (Å²) in [6.45, 7) is -0.0929. The minimum atomic E-state index is -1.20. The molecule has 0 amide bonds. The van der Waals surface area contributed by atoms with Crippen molar-refractivity contribution in [1.29, 1.82) is 0 Å². The molecule has 0 aliphatic heterocycles. The fourth-order valence-corrected chi connectivity index (χ4v) is 2.47. The van der Waals surface area contributed by atoms with Crippen molar-refractivity contribution in [2.45, 2.75) is 6.61 Å². The van der Waals surface area contributed by atoms with E-state index < -0.39 is 17.5 Å². The van der Waals surface area contributed by atoms with E-state index in [9.17, 15) is 18.0 Å². The van der Waals surface area contributed by atoms with Gasteiger partial charge in [0.25, 0.3) is 0 Å². The lowest BCUT2D eigenvalue weighted by atomic mass is 10.0. The van der Waals surface area contributed by atoms with Gasteiger partial charge in [-0.2, -0.15) is 4.39 Å². The molecular weight excluding hydrogens is 329 g/mol. The molecule has 0 aliphatic carbocycles. The summed E-state index contributed by atoms with van der Waals surface area (Å²) in [5.74, 6) is -3.34. The predicted molar refractivity (Wildman–Crippen MR) is 87.9 cm³/mol. The van der Waals surface area contributed by atoms with Gasteiger partial charge in [0.05, 0.1) is 0 Å². The lowest BCUT2D eigenvalue weighted by Gasteiger charge is -2.12. The molecule has 0 aliphatic rings. The van der Waals surface area contributed by atoms with Gasteiger partial charge < -0.3 is 4.74 Å². The van der Waals surface area contributed by atoms with Crippen molar-refractivity contribution in [1.82, 2.24) is 0 Å². The Morgan fingerprint density at radius 2 is 1.52 bits per heavy atom. The van der Waals surface area contributed by atoms with E-state index in [0.29, 0.717) is 17.4 Å². The molecule has 126 valence electrons. The second-order valence-corrected chi connectivity index (χ2v) is 5.32. The highest BCUT2D eigenvalue weighted by molar-refractivity contribution is 5.77. The van der Waals surface area contributed by atoms with Crippen LogP contribution in [0.25, 0.3) is 11.1 Å². The summed E-state index contributed by atoms with van der Waals surface area (Å²) < 4.78 is 47.7. The maximum absolute atomic E-state index is 14.3. The van der Waals surface area contributed by atoms with E-state index in [2.05, 4.69) is 0 Å². The van der Waals surface area contributed by atoms with Crippen molar-refractivity contribution in [2.24, 2.45) is 0 Å². The van der Waals surface area contributed by atoms with E-state index in [-0.39, 0.29) is 23.5 Å². The molecule has 3 aromatic rings. The van der Waals surface area contributed by atoms with Crippen LogP contribution in [-0.2, 0) is 6.61 Å². The molecule has 0 spiro atoms. The number of ether oxygens (including phenoxy) is 1. The van der Waals surface area contributed by atoms with Crippen LogP contribution in [-0.4, -0.2) is 6.29 Å². The molecular formula is C20H13F3O2. The third kappa shape index (κ3) is 3.40. The Kier molecular flexibility index (Phi) is 4.84. The number of hydrogen-bond acceptors (Lipinski definition) is 2. The molecule has 3 rings (SSSR count). The fourth-order valence-electron chi connectivity index (χ4n) is 2.47. The highest BCUT2D eigenvalue weighted by Crippen LogP contribution is 2.31. The maximum atomic E-state index is 14.3. The number of halogens is 3. The zero-order chi connectivity index (χ0) is 17.8. The minimum absolute atomic E-state index is 0.0308. The topological polar surface area (TPSA) is 26.3 Å². The monoisotopic (exact) mass is 342 g/mol. The number of benzene rings is 3. The zero-order valence-corrected chi connectivity index (χ0v) is 13.0. The molecule has 5 heteroatoms. The van der Waals surface area contributed by atoms with Gasteiger partial charge in [-0.25, -0.2) is 8.78 Å². The molecule has 0 aromatic heterocycles. The summed E-state index contributed by atoms with van der Waals surface area (Å²) in [6, 6.07) is 14.7. The highest BCUT2D eigenvalue weighted by atomic mass is 19.2. The summed E-state index contributed by atoms with van der Waals surface area (Å²) in [4.78, 5) is 11.0. The molecule has 0 unspecified atom stereocenters. The first-order chi connectivity index (χ1) is 12.1. The molecule has 0 fully saturated rings. The van der Waals surface area contributed by atoms with Crippen LogP contribution in [0.4, 0.5) is 13.2 Å². The molecule has 0 saturated heterocycles. The molecule has 0 radical (unpaired) electrons. The van der Waals surface area contributed by atoms with Crippen molar-refractivity contribution in [3.63, 3.8) is 0 Å². The van der Waals surface area contributed by atoms with Crippen LogP contribution in [0.1, 0.15) is 15.9 Å². The van der Waals surface area contributed by atoms with Crippen LogP contribution in [0.3, 0.4) is 0 Å². The first kappa shape index (κ1) is 16.8. The SMILES string of the molecule is O=Cc1ccccc1COc1ccc(-c2ccccc2F)c(F)c1F. The average Bonchev–Trinajstić information content (AvgIpc) is 2.64. The van der Waals surface area contributed by atoms with Gasteiger partial charge in [-0.05, 0) is 23.8 Å². The smallest absolute Gasteiger partial charge is 0.201 e. The Morgan fingerprint density at radius 1 is 0.800 bits per heavy atom.